The first-order valence-corrected chi connectivity index (χ1v) is 8.64. The largest absolute Gasteiger partial charge is 0.273 e. The molecule has 4 nitrogen and oxygen atoms in total. The van der Waals surface area contributed by atoms with Crippen LogP contribution in [0.15, 0.2) is 53.4 Å². The summed E-state index contributed by atoms with van der Waals surface area (Å²) < 4.78 is 13.4. The Bertz CT molecular complexity index is 710. The molecular formula is C17H16ClFN2O2S. The molecule has 2 aromatic carbocycles. The summed E-state index contributed by atoms with van der Waals surface area (Å²) in [6.45, 7) is 0. The number of carbonyl (C=O) groups excluding carboxylic acids is 2. The fourth-order valence-corrected chi connectivity index (χ4v) is 2.83. The Kier molecular flexibility index (Phi) is 7.08. The van der Waals surface area contributed by atoms with E-state index in [4.69, 9.17) is 11.6 Å². The molecule has 0 fully saturated rings. The molecule has 2 N–H and O–H groups in total. The van der Waals surface area contributed by atoms with Crippen LogP contribution in [-0.2, 0) is 4.79 Å². The standard InChI is InChI=1S/C17H16ClFN2O2S/c18-12-7-9-13(10-8-12)24-11-3-6-16(22)20-21-17(23)14-4-1-2-5-15(14)19/h1-2,4-5,7-10H,3,6,11H2,(H,20,22)(H,21,23). The van der Waals surface area contributed by atoms with Gasteiger partial charge >= 0.3 is 0 Å². The van der Waals surface area contributed by atoms with Crippen LogP contribution in [0.4, 0.5) is 4.39 Å². The van der Waals surface area contributed by atoms with Crippen LogP contribution in [-0.4, -0.2) is 17.6 Å². The Labute approximate surface area is 148 Å². The Morgan fingerprint density at radius 2 is 1.75 bits per heavy atom. The first kappa shape index (κ1) is 18.3. The molecule has 0 bridgehead atoms. The molecule has 0 saturated carbocycles. The zero-order valence-corrected chi connectivity index (χ0v) is 14.3. The number of nitrogens with one attached hydrogen (secondary N) is 2. The smallest absolute Gasteiger partial charge is 0.272 e. The first-order chi connectivity index (χ1) is 11.6. The van der Waals surface area contributed by atoms with Crippen LogP contribution in [0, 0.1) is 5.82 Å². The molecule has 0 radical (unpaired) electrons. The minimum atomic E-state index is -0.683. The number of hydrazine groups is 1. The summed E-state index contributed by atoms with van der Waals surface area (Å²) in [4.78, 5) is 24.5. The molecular weight excluding hydrogens is 351 g/mol. The van der Waals surface area contributed by atoms with Crippen LogP contribution in [0.3, 0.4) is 0 Å². The predicted molar refractivity (Wildman–Crippen MR) is 93.4 cm³/mol. The molecule has 2 amide bonds. The van der Waals surface area contributed by atoms with Gasteiger partial charge in [0.2, 0.25) is 5.91 Å². The van der Waals surface area contributed by atoms with Crippen molar-refractivity contribution in [1.82, 2.24) is 10.9 Å². The van der Waals surface area contributed by atoms with Crippen LogP contribution in [0.5, 0.6) is 0 Å². The van der Waals surface area contributed by atoms with Gasteiger partial charge in [0, 0.05) is 16.3 Å². The van der Waals surface area contributed by atoms with Crippen molar-refractivity contribution in [3.63, 3.8) is 0 Å². The van der Waals surface area contributed by atoms with E-state index in [0.29, 0.717) is 11.4 Å². The van der Waals surface area contributed by atoms with Gasteiger partial charge in [-0.15, -0.1) is 11.8 Å². The molecule has 7 heteroatoms. The lowest BCUT2D eigenvalue weighted by Gasteiger charge is -2.08. The summed E-state index contributed by atoms with van der Waals surface area (Å²) in [5, 5.41) is 0.685. The molecule has 2 aromatic rings. The van der Waals surface area contributed by atoms with E-state index < -0.39 is 11.7 Å². The molecule has 0 unspecified atom stereocenters. The second kappa shape index (κ2) is 9.30. The molecule has 0 heterocycles. The number of hydrogen-bond donors (Lipinski definition) is 2. The third kappa shape index (κ3) is 5.86. The first-order valence-electron chi connectivity index (χ1n) is 7.28. The molecule has 0 aliphatic heterocycles. The predicted octanol–water partition coefficient (Wildman–Crippen LogP) is 3.81. The normalized spacial score (nSPS) is 10.2. The van der Waals surface area contributed by atoms with Crippen LogP contribution in [0.1, 0.15) is 23.2 Å². The molecule has 0 atom stereocenters. The van der Waals surface area contributed by atoms with Gasteiger partial charge in [-0.3, -0.25) is 20.4 Å². The summed E-state index contributed by atoms with van der Waals surface area (Å²) in [7, 11) is 0. The Hall–Kier alpha value is -2.05. The van der Waals surface area contributed by atoms with Crippen molar-refractivity contribution in [1.29, 1.82) is 0 Å². The Balaban J connectivity index is 1.65. The van der Waals surface area contributed by atoms with Gasteiger partial charge in [0.25, 0.3) is 5.91 Å². The minimum absolute atomic E-state index is 0.115. The summed E-state index contributed by atoms with van der Waals surface area (Å²) in [6, 6.07) is 13.0. The maximum absolute atomic E-state index is 13.4. The minimum Gasteiger partial charge on any atom is -0.273 e. The highest BCUT2D eigenvalue weighted by Crippen LogP contribution is 2.21. The number of hydrogen-bond acceptors (Lipinski definition) is 3. The van der Waals surface area contributed by atoms with Gasteiger partial charge in [-0.2, -0.15) is 0 Å². The zero-order valence-electron chi connectivity index (χ0n) is 12.7. The fraction of sp³-hybridized carbons (Fsp3) is 0.176. The monoisotopic (exact) mass is 366 g/mol. The number of thioether (sulfide) groups is 1. The van der Waals surface area contributed by atoms with Crippen LogP contribution in [0.2, 0.25) is 5.02 Å². The van der Waals surface area contributed by atoms with E-state index in [0.717, 1.165) is 10.6 Å². The topological polar surface area (TPSA) is 58.2 Å². The highest BCUT2D eigenvalue weighted by atomic mass is 35.5. The van der Waals surface area contributed by atoms with E-state index in [2.05, 4.69) is 10.9 Å². The van der Waals surface area contributed by atoms with Crippen LogP contribution in [0.25, 0.3) is 0 Å². The zero-order chi connectivity index (χ0) is 17.4. The lowest BCUT2D eigenvalue weighted by Crippen LogP contribution is -2.41. The van der Waals surface area contributed by atoms with E-state index in [9.17, 15) is 14.0 Å². The van der Waals surface area contributed by atoms with Crippen molar-refractivity contribution < 1.29 is 14.0 Å². The van der Waals surface area contributed by atoms with E-state index in [1.807, 2.05) is 24.3 Å². The number of carbonyl (C=O) groups is 2. The van der Waals surface area contributed by atoms with Gasteiger partial charge in [0.15, 0.2) is 0 Å². The molecule has 0 spiro atoms. The maximum atomic E-state index is 13.4. The number of rotatable bonds is 6. The average Bonchev–Trinajstić information content (AvgIpc) is 2.58. The molecule has 0 aliphatic carbocycles. The van der Waals surface area contributed by atoms with Crippen LogP contribution >= 0.6 is 23.4 Å². The second-order valence-corrected chi connectivity index (χ2v) is 6.49. The third-order valence-electron chi connectivity index (χ3n) is 3.06. The molecule has 24 heavy (non-hydrogen) atoms. The molecule has 0 saturated heterocycles. The molecule has 0 aliphatic rings. The van der Waals surface area contributed by atoms with Crippen molar-refractivity contribution in [3.8, 4) is 0 Å². The third-order valence-corrected chi connectivity index (χ3v) is 4.41. The fourth-order valence-electron chi connectivity index (χ4n) is 1.86. The lowest BCUT2D eigenvalue weighted by molar-refractivity contribution is -0.121. The van der Waals surface area contributed by atoms with Crippen molar-refractivity contribution in [2.24, 2.45) is 0 Å². The van der Waals surface area contributed by atoms with Crippen molar-refractivity contribution in [2.45, 2.75) is 17.7 Å². The number of amides is 2. The highest BCUT2D eigenvalue weighted by Gasteiger charge is 2.11. The van der Waals surface area contributed by atoms with Gasteiger partial charge in [-0.05, 0) is 48.6 Å². The van der Waals surface area contributed by atoms with Gasteiger partial charge in [-0.1, -0.05) is 23.7 Å². The van der Waals surface area contributed by atoms with Crippen molar-refractivity contribution in [3.05, 3.63) is 64.9 Å². The SMILES string of the molecule is O=C(CCCSc1ccc(Cl)cc1)NNC(=O)c1ccccc1F. The van der Waals surface area contributed by atoms with Gasteiger partial charge in [-0.25, -0.2) is 4.39 Å². The Morgan fingerprint density at radius 3 is 2.46 bits per heavy atom. The number of benzene rings is 2. The number of halogens is 2. The van der Waals surface area contributed by atoms with Crippen molar-refractivity contribution >= 4 is 35.2 Å². The summed E-state index contributed by atoms with van der Waals surface area (Å²) in [5.41, 5.74) is 4.37. The van der Waals surface area contributed by atoms with E-state index in [1.165, 1.54) is 18.2 Å². The quantitative estimate of drug-likeness (QED) is 0.464. The van der Waals surface area contributed by atoms with E-state index in [1.54, 1.807) is 17.8 Å². The van der Waals surface area contributed by atoms with Crippen molar-refractivity contribution in [2.75, 3.05) is 5.75 Å². The van der Waals surface area contributed by atoms with E-state index >= 15 is 0 Å². The highest BCUT2D eigenvalue weighted by molar-refractivity contribution is 7.99. The van der Waals surface area contributed by atoms with Gasteiger partial charge in [0.05, 0.1) is 5.56 Å². The van der Waals surface area contributed by atoms with Gasteiger partial charge < -0.3 is 0 Å². The Morgan fingerprint density at radius 1 is 1.04 bits per heavy atom. The maximum Gasteiger partial charge on any atom is 0.272 e. The molecule has 2 rings (SSSR count). The van der Waals surface area contributed by atoms with Gasteiger partial charge in [0.1, 0.15) is 5.82 Å². The second-order valence-electron chi connectivity index (χ2n) is 4.89. The summed E-state index contributed by atoms with van der Waals surface area (Å²) in [6.07, 6.45) is 0.910. The molecule has 0 aromatic heterocycles. The molecule has 126 valence electrons. The van der Waals surface area contributed by atoms with E-state index in [-0.39, 0.29) is 17.9 Å². The summed E-state index contributed by atoms with van der Waals surface area (Å²) >= 11 is 7.43. The summed E-state index contributed by atoms with van der Waals surface area (Å²) in [5.74, 6) is -0.881. The van der Waals surface area contributed by atoms with Crippen LogP contribution < -0.4 is 10.9 Å². The average molecular weight is 367 g/mol. The lowest BCUT2D eigenvalue weighted by atomic mass is 10.2.